The van der Waals surface area contributed by atoms with Gasteiger partial charge in [-0.25, -0.2) is 4.98 Å². The summed E-state index contributed by atoms with van der Waals surface area (Å²) in [7, 11) is 0. The Kier molecular flexibility index (Phi) is 5.48. The molecule has 0 bridgehead atoms. The molecule has 1 atom stereocenters. The van der Waals surface area contributed by atoms with E-state index in [0.29, 0.717) is 30.2 Å². The second kappa shape index (κ2) is 7.97. The van der Waals surface area contributed by atoms with Crippen LogP contribution in [-0.4, -0.2) is 51.6 Å². The van der Waals surface area contributed by atoms with E-state index in [2.05, 4.69) is 28.3 Å². The quantitative estimate of drug-likeness (QED) is 0.686. The van der Waals surface area contributed by atoms with Crippen molar-refractivity contribution in [2.75, 3.05) is 30.7 Å². The van der Waals surface area contributed by atoms with Gasteiger partial charge in [0.25, 0.3) is 5.91 Å². The Hall–Kier alpha value is -2.93. The third-order valence-corrected chi connectivity index (χ3v) is 4.31. The van der Waals surface area contributed by atoms with Gasteiger partial charge in [0.05, 0.1) is 18.3 Å². The average molecular weight is 353 g/mol. The number of nitrogens with one attached hydrogen (secondary N) is 1. The van der Waals surface area contributed by atoms with Crippen LogP contribution in [0.15, 0.2) is 42.5 Å². The number of benzene rings is 1. The lowest BCUT2D eigenvalue weighted by Crippen LogP contribution is -2.35. The number of rotatable bonds is 6. The summed E-state index contributed by atoms with van der Waals surface area (Å²) in [5.74, 6) is 0.673. The summed E-state index contributed by atoms with van der Waals surface area (Å²) in [4.78, 5) is 23.1. The molecule has 1 aromatic heterocycles. The predicted molar refractivity (Wildman–Crippen MR) is 102 cm³/mol. The van der Waals surface area contributed by atoms with Crippen molar-refractivity contribution in [2.24, 2.45) is 0 Å². The lowest BCUT2D eigenvalue weighted by molar-refractivity contribution is 0.0747. The molecular formula is C19H23N5O2. The van der Waals surface area contributed by atoms with Crippen LogP contribution in [-0.2, 0) is 0 Å². The summed E-state index contributed by atoms with van der Waals surface area (Å²) in [6.07, 6.45) is 5.00. The maximum atomic E-state index is 12.9. The second-order valence-electron chi connectivity index (χ2n) is 6.09. The summed E-state index contributed by atoms with van der Waals surface area (Å²) >= 11 is 0. The zero-order valence-electron chi connectivity index (χ0n) is 14.7. The van der Waals surface area contributed by atoms with Gasteiger partial charge in [-0.2, -0.15) is 4.98 Å². The van der Waals surface area contributed by atoms with Gasteiger partial charge in [-0.05, 0) is 18.6 Å². The zero-order chi connectivity index (χ0) is 18.5. The fourth-order valence-corrected chi connectivity index (χ4v) is 3.03. The Morgan fingerprint density at radius 1 is 1.38 bits per heavy atom. The Morgan fingerprint density at radius 2 is 2.23 bits per heavy atom. The highest BCUT2D eigenvalue weighted by atomic mass is 16.3. The van der Waals surface area contributed by atoms with Crippen LogP contribution in [0.5, 0.6) is 0 Å². The molecule has 136 valence electrons. The number of anilines is 2. The monoisotopic (exact) mass is 353 g/mol. The number of nitrogens with two attached hydrogens (primary N) is 1. The molecule has 2 aromatic rings. The first-order chi connectivity index (χ1) is 12.6. The first-order valence-electron chi connectivity index (χ1n) is 8.69. The van der Waals surface area contributed by atoms with Crippen LogP contribution in [0.2, 0.25) is 0 Å². The summed E-state index contributed by atoms with van der Waals surface area (Å²) in [5.41, 5.74) is 7.82. The van der Waals surface area contributed by atoms with Crippen LogP contribution >= 0.6 is 0 Å². The highest BCUT2D eigenvalue weighted by Crippen LogP contribution is 2.24. The zero-order valence-corrected chi connectivity index (χ0v) is 14.7. The number of aliphatic hydroxyl groups excluding tert-OH is 1. The van der Waals surface area contributed by atoms with Gasteiger partial charge in [0.1, 0.15) is 5.82 Å². The standard InChI is InChI=1S/C19H23N5O2/c1-2-15-7-4-9-24(15)18(26)14-6-3-5-13(11-14)16-12-17(21-8-10-25)23-19(20)22-16/h3-7,11-12,15,25H,2,8-10H2,1H3,(H3,20,21,22,23)/t15-/m1/s1. The molecule has 2 heterocycles. The maximum absolute atomic E-state index is 12.9. The van der Waals surface area contributed by atoms with E-state index in [1.807, 2.05) is 35.2 Å². The van der Waals surface area contributed by atoms with Gasteiger partial charge < -0.3 is 21.1 Å². The van der Waals surface area contributed by atoms with Crippen LogP contribution in [0, 0.1) is 0 Å². The van der Waals surface area contributed by atoms with E-state index < -0.39 is 0 Å². The molecule has 0 spiro atoms. The molecule has 0 saturated heterocycles. The van der Waals surface area contributed by atoms with E-state index in [1.165, 1.54) is 0 Å². The molecule has 0 aliphatic carbocycles. The molecule has 26 heavy (non-hydrogen) atoms. The van der Waals surface area contributed by atoms with Crippen LogP contribution in [0.4, 0.5) is 11.8 Å². The molecular weight excluding hydrogens is 330 g/mol. The largest absolute Gasteiger partial charge is 0.395 e. The Bertz CT molecular complexity index is 821. The number of aromatic nitrogens is 2. The van der Waals surface area contributed by atoms with Crippen molar-refractivity contribution in [3.8, 4) is 11.3 Å². The minimum atomic E-state index is -0.00824. The first-order valence-corrected chi connectivity index (χ1v) is 8.69. The number of amides is 1. The Morgan fingerprint density at radius 3 is 3.00 bits per heavy atom. The molecule has 0 unspecified atom stereocenters. The third-order valence-electron chi connectivity index (χ3n) is 4.31. The van der Waals surface area contributed by atoms with E-state index in [0.717, 1.165) is 12.0 Å². The van der Waals surface area contributed by atoms with E-state index in [-0.39, 0.29) is 24.5 Å². The van der Waals surface area contributed by atoms with Crippen LogP contribution in [0.25, 0.3) is 11.3 Å². The number of carbonyl (C=O) groups is 1. The maximum Gasteiger partial charge on any atom is 0.254 e. The minimum Gasteiger partial charge on any atom is -0.395 e. The van der Waals surface area contributed by atoms with Crippen molar-refractivity contribution in [1.82, 2.24) is 14.9 Å². The van der Waals surface area contributed by atoms with Crippen LogP contribution in [0.3, 0.4) is 0 Å². The summed E-state index contributed by atoms with van der Waals surface area (Å²) in [6.45, 7) is 3.07. The number of nitrogens with zero attached hydrogens (tertiary/aromatic N) is 3. The molecule has 7 nitrogen and oxygen atoms in total. The Labute approximate surface area is 152 Å². The number of hydrogen-bond acceptors (Lipinski definition) is 6. The van der Waals surface area contributed by atoms with E-state index in [9.17, 15) is 4.79 Å². The topological polar surface area (TPSA) is 104 Å². The molecule has 7 heteroatoms. The highest BCUT2D eigenvalue weighted by Gasteiger charge is 2.24. The number of nitrogen functional groups attached to an aromatic ring is 1. The molecule has 1 aliphatic heterocycles. The van der Waals surface area contributed by atoms with Gasteiger partial charge in [-0.15, -0.1) is 0 Å². The number of carbonyl (C=O) groups excluding carboxylic acids is 1. The molecule has 0 fully saturated rings. The van der Waals surface area contributed by atoms with Gasteiger partial charge in [0, 0.05) is 30.3 Å². The molecule has 3 rings (SSSR count). The molecule has 1 aromatic carbocycles. The molecule has 1 amide bonds. The van der Waals surface area contributed by atoms with Crippen molar-refractivity contribution in [1.29, 1.82) is 0 Å². The number of hydrogen-bond donors (Lipinski definition) is 3. The lowest BCUT2D eigenvalue weighted by Gasteiger charge is -2.23. The average Bonchev–Trinajstić information content (AvgIpc) is 3.14. The smallest absolute Gasteiger partial charge is 0.254 e. The summed E-state index contributed by atoms with van der Waals surface area (Å²) in [5, 5.41) is 11.9. The van der Waals surface area contributed by atoms with E-state index in [1.54, 1.807) is 6.07 Å². The van der Waals surface area contributed by atoms with E-state index in [4.69, 9.17) is 10.8 Å². The molecule has 4 N–H and O–H groups in total. The van der Waals surface area contributed by atoms with E-state index >= 15 is 0 Å². The molecule has 0 radical (unpaired) electrons. The summed E-state index contributed by atoms with van der Waals surface area (Å²) in [6, 6.07) is 9.26. The minimum absolute atomic E-state index is 0.00403. The predicted octanol–water partition coefficient (Wildman–Crippen LogP) is 1.92. The van der Waals surface area contributed by atoms with Crippen molar-refractivity contribution in [3.05, 3.63) is 48.0 Å². The normalized spacial score (nSPS) is 16.1. The van der Waals surface area contributed by atoms with Crippen molar-refractivity contribution >= 4 is 17.7 Å². The van der Waals surface area contributed by atoms with Crippen molar-refractivity contribution in [3.63, 3.8) is 0 Å². The van der Waals surface area contributed by atoms with Crippen LogP contribution in [0.1, 0.15) is 23.7 Å². The lowest BCUT2D eigenvalue weighted by atomic mass is 10.1. The molecule has 0 saturated carbocycles. The fraction of sp³-hybridized carbons (Fsp3) is 0.316. The second-order valence-corrected chi connectivity index (χ2v) is 6.09. The van der Waals surface area contributed by atoms with Gasteiger partial charge >= 0.3 is 0 Å². The summed E-state index contributed by atoms with van der Waals surface area (Å²) < 4.78 is 0. The molecule has 1 aliphatic rings. The SMILES string of the molecule is CC[C@@H]1C=CCN1C(=O)c1cccc(-c2cc(NCCO)nc(N)n2)c1. The highest BCUT2D eigenvalue weighted by molar-refractivity contribution is 5.96. The van der Waals surface area contributed by atoms with Gasteiger partial charge in [-0.3, -0.25) is 4.79 Å². The number of aliphatic hydroxyl groups is 1. The third kappa shape index (κ3) is 3.83. The van der Waals surface area contributed by atoms with Gasteiger partial charge in [0.15, 0.2) is 0 Å². The van der Waals surface area contributed by atoms with Crippen LogP contribution < -0.4 is 11.1 Å². The van der Waals surface area contributed by atoms with Crippen molar-refractivity contribution < 1.29 is 9.90 Å². The first kappa shape index (κ1) is 17.9. The van der Waals surface area contributed by atoms with Gasteiger partial charge in [-0.1, -0.05) is 31.2 Å². The van der Waals surface area contributed by atoms with Crippen molar-refractivity contribution in [2.45, 2.75) is 19.4 Å². The Balaban J connectivity index is 1.88. The van der Waals surface area contributed by atoms with Gasteiger partial charge in [0.2, 0.25) is 5.95 Å². The fourth-order valence-electron chi connectivity index (χ4n) is 3.03.